The van der Waals surface area contributed by atoms with Crippen LogP contribution in [0, 0.1) is 0 Å². The van der Waals surface area contributed by atoms with Crippen molar-refractivity contribution in [2.24, 2.45) is 21.1 Å². The van der Waals surface area contributed by atoms with Crippen LogP contribution in [0.4, 0.5) is 5.95 Å². The molecule has 1 N–H and O–H groups in total. The van der Waals surface area contributed by atoms with E-state index in [1.807, 2.05) is 7.05 Å². The molecule has 1 aliphatic heterocycles. The lowest BCUT2D eigenvalue weighted by Gasteiger charge is -2.28. The number of anilines is 1. The molecule has 1 fully saturated rings. The highest BCUT2D eigenvalue weighted by Crippen LogP contribution is 2.17. The second-order valence-corrected chi connectivity index (χ2v) is 5.09. The van der Waals surface area contributed by atoms with Gasteiger partial charge < -0.3 is 14.8 Å². The number of nitrogens with one attached hydrogen (secondary N) is 1. The van der Waals surface area contributed by atoms with Crippen LogP contribution >= 0.6 is 0 Å². The summed E-state index contributed by atoms with van der Waals surface area (Å²) < 4.78 is 4.32. The van der Waals surface area contributed by atoms with E-state index in [0.29, 0.717) is 11.2 Å². The van der Waals surface area contributed by atoms with Gasteiger partial charge in [-0.1, -0.05) is 0 Å². The van der Waals surface area contributed by atoms with Crippen molar-refractivity contribution in [2.45, 2.75) is 0 Å². The van der Waals surface area contributed by atoms with E-state index in [2.05, 4.69) is 15.2 Å². The fourth-order valence-corrected chi connectivity index (χ4v) is 2.65. The Kier molecular flexibility index (Phi) is 2.89. The number of imidazole rings is 1. The summed E-state index contributed by atoms with van der Waals surface area (Å²) in [5.74, 6) is 0.736. The summed E-state index contributed by atoms with van der Waals surface area (Å²) in [6, 6.07) is 0. The highest BCUT2D eigenvalue weighted by Gasteiger charge is 2.21. The van der Waals surface area contributed by atoms with Crippen LogP contribution in [0.3, 0.4) is 0 Å². The topological polar surface area (TPSA) is 77.1 Å². The van der Waals surface area contributed by atoms with Crippen LogP contribution in [-0.2, 0) is 21.1 Å². The number of aromatic nitrogens is 4. The van der Waals surface area contributed by atoms with Gasteiger partial charge in [-0.15, -0.1) is 0 Å². The molecule has 20 heavy (non-hydrogen) atoms. The van der Waals surface area contributed by atoms with Gasteiger partial charge >= 0.3 is 5.69 Å². The Balaban J connectivity index is 2.29. The molecule has 1 saturated heterocycles. The van der Waals surface area contributed by atoms with Crippen molar-refractivity contribution in [1.82, 2.24) is 24.0 Å². The molecule has 0 unspecified atom stereocenters. The van der Waals surface area contributed by atoms with Gasteiger partial charge in [0.25, 0.3) is 5.56 Å². The van der Waals surface area contributed by atoms with Crippen molar-refractivity contribution in [3.8, 4) is 0 Å². The number of aryl methyl sites for hydroxylation is 2. The number of nitrogens with zero attached hydrogens (tertiary/aromatic N) is 5. The van der Waals surface area contributed by atoms with E-state index in [1.165, 1.54) is 11.6 Å². The summed E-state index contributed by atoms with van der Waals surface area (Å²) >= 11 is 0. The monoisotopic (exact) mass is 278 g/mol. The molecule has 3 rings (SSSR count). The SMILES string of the molecule is Cn1c(=O)c2c(nc(N3CCNCC3)n2C)n(C)c1=O. The van der Waals surface area contributed by atoms with E-state index in [4.69, 9.17) is 0 Å². The third-order valence-corrected chi connectivity index (χ3v) is 3.85. The van der Waals surface area contributed by atoms with Crippen LogP contribution in [0.1, 0.15) is 0 Å². The Bertz CT molecular complexity index is 778. The van der Waals surface area contributed by atoms with Gasteiger partial charge in [0, 0.05) is 47.3 Å². The molecule has 8 heteroatoms. The van der Waals surface area contributed by atoms with Gasteiger partial charge in [-0.3, -0.25) is 13.9 Å². The van der Waals surface area contributed by atoms with E-state index < -0.39 is 0 Å². The van der Waals surface area contributed by atoms with Crippen molar-refractivity contribution in [2.75, 3.05) is 31.1 Å². The number of rotatable bonds is 1. The maximum absolute atomic E-state index is 12.3. The average Bonchev–Trinajstić information content (AvgIpc) is 2.81. The fourth-order valence-electron chi connectivity index (χ4n) is 2.65. The number of hydrogen-bond donors (Lipinski definition) is 1. The molecule has 0 saturated carbocycles. The smallest absolute Gasteiger partial charge is 0.332 e. The number of fused-ring (bicyclic) bond motifs is 1. The molecule has 0 atom stereocenters. The Morgan fingerprint density at radius 1 is 1.00 bits per heavy atom. The van der Waals surface area contributed by atoms with E-state index in [-0.39, 0.29) is 11.2 Å². The van der Waals surface area contributed by atoms with E-state index in [9.17, 15) is 9.59 Å². The summed E-state index contributed by atoms with van der Waals surface area (Å²) in [5, 5.41) is 3.28. The molecule has 0 radical (unpaired) electrons. The Hall–Kier alpha value is -2.09. The molecule has 2 aromatic heterocycles. The van der Waals surface area contributed by atoms with E-state index in [1.54, 1.807) is 11.6 Å². The molecule has 0 aliphatic carbocycles. The van der Waals surface area contributed by atoms with Crippen LogP contribution in [0.25, 0.3) is 11.2 Å². The van der Waals surface area contributed by atoms with Gasteiger partial charge in [-0.2, -0.15) is 4.98 Å². The number of piperazine rings is 1. The van der Waals surface area contributed by atoms with Gasteiger partial charge in [-0.25, -0.2) is 4.79 Å². The molecule has 0 bridgehead atoms. The maximum Gasteiger partial charge on any atom is 0.332 e. The maximum atomic E-state index is 12.3. The summed E-state index contributed by atoms with van der Waals surface area (Å²) in [6.45, 7) is 3.46. The molecule has 8 nitrogen and oxygen atoms in total. The zero-order valence-electron chi connectivity index (χ0n) is 11.9. The molecule has 0 amide bonds. The van der Waals surface area contributed by atoms with Gasteiger partial charge in [-0.05, 0) is 0 Å². The van der Waals surface area contributed by atoms with E-state index in [0.717, 1.165) is 36.7 Å². The average molecular weight is 278 g/mol. The fraction of sp³-hybridized carbons (Fsp3) is 0.583. The van der Waals surface area contributed by atoms with Crippen LogP contribution < -0.4 is 21.5 Å². The van der Waals surface area contributed by atoms with Crippen LogP contribution in [0.5, 0.6) is 0 Å². The second-order valence-electron chi connectivity index (χ2n) is 5.09. The third kappa shape index (κ3) is 1.68. The summed E-state index contributed by atoms with van der Waals surface area (Å²) in [6.07, 6.45) is 0. The minimum atomic E-state index is -0.354. The first-order valence-electron chi connectivity index (χ1n) is 6.60. The summed E-state index contributed by atoms with van der Waals surface area (Å²) in [7, 11) is 4.94. The largest absolute Gasteiger partial charge is 0.340 e. The molecule has 1 aliphatic rings. The predicted octanol–water partition coefficient (Wildman–Crippen LogP) is -1.62. The molecule has 108 valence electrons. The van der Waals surface area contributed by atoms with Gasteiger partial charge in [0.1, 0.15) is 0 Å². The minimum absolute atomic E-state index is 0.306. The lowest BCUT2D eigenvalue weighted by molar-refractivity contribution is 0.575. The molecular formula is C12H18N6O2. The molecule has 2 aromatic rings. The van der Waals surface area contributed by atoms with E-state index >= 15 is 0 Å². The zero-order chi connectivity index (χ0) is 14.4. The van der Waals surface area contributed by atoms with Crippen molar-refractivity contribution < 1.29 is 0 Å². The lowest BCUT2D eigenvalue weighted by atomic mass is 10.4. The first-order valence-corrected chi connectivity index (χ1v) is 6.60. The highest BCUT2D eigenvalue weighted by atomic mass is 16.2. The second kappa shape index (κ2) is 4.48. The van der Waals surface area contributed by atoms with Crippen molar-refractivity contribution in [3.63, 3.8) is 0 Å². The predicted molar refractivity (Wildman–Crippen MR) is 76.3 cm³/mol. The minimum Gasteiger partial charge on any atom is -0.340 e. The van der Waals surface area contributed by atoms with Crippen molar-refractivity contribution in [3.05, 3.63) is 20.8 Å². The molecule has 0 aromatic carbocycles. The zero-order valence-corrected chi connectivity index (χ0v) is 11.9. The van der Waals surface area contributed by atoms with Gasteiger partial charge in [0.05, 0.1) is 0 Å². The standard InChI is InChI=1S/C12H18N6O2/c1-15-8-9(16(2)12(20)17(3)10(8)19)14-11(15)18-6-4-13-5-7-18/h13H,4-7H2,1-3H3. The number of hydrogen-bond acceptors (Lipinski definition) is 5. The molecule has 3 heterocycles. The Morgan fingerprint density at radius 3 is 2.30 bits per heavy atom. The molecule has 0 spiro atoms. The quantitative estimate of drug-likeness (QED) is 0.678. The molecular weight excluding hydrogens is 260 g/mol. The first kappa shape index (κ1) is 12.9. The Labute approximate surface area is 115 Å². The van der Waals surface area contributed by atoms with Crippen LogP contribution in [0.15, 0.2) is 9.59 Å². The van der Waals surface area contributed by atoms with Crippen LogP contribution in [0.2, 0.25) is 0 Å². The Morgan fingerprint density at radius 2 is 1.65 bits per heavy atom. The normalized spacial score (nSPS) is 16.1. The summed E-state index contributed by atoms with van der Waals surface area (Å²) in [4.78, 5) is 30.9. The highest BCUT2D eigenvalue weighted by molar-refractivity contribution is 5.74. The first-order chi connectivity index (χ1) is 9.52. The third-order valence-electron chi connectivity index (χ3n) is 3.85. The van der Waals surface area contributed by atoms with Gasteiger partial charge in [0.15, 0.2) is 11.2 Å². The van der Waals surface area contributed by atoms with Crippen LogP contribution in [-0.4, -0.2) is 44.9 Å². The summed E-state index contributed by atoms with van der Waals surface area (Å²) in [5.41, 5.74) is 0.240. The van der Waals surface area contributed by atoms with Gasteiger partial charge in [0.2, 0.25) is 5.95 Å². The van der Waals surface area contributed by atoms with Crippen molar-refractivity contribution >= 4 is 17.1 Å². The van der Waals surface area contributed by atoms with Crippen molar-refractivity contribution in [1.29, 1.82) is 0 Å². The lowest BCUT2D eigenvalue weighted by Crippen LogP contribution is -2.44.